The summed E-state index contributed by atoms with van der Waals surface area (Å²) in [4.78, 5) is 11.4. The van der Waals surface area contributed by atoms with Gasteiger partial charge in [0.25, 0.3) is 0 Å². The molecule has 0 fully saturated rings. The lowest BCUT2D eigenvalue weighted by molar-refractivity contribution is -0.137. The summed E-state index contributed by atoms with van der Waals surface area (Å²) in [5, 5.41) is 8.82. The second kappa shape index (κ2) is 4.76. The molecule has 0 amide bonds. The van der Waals surface area contributed by atoms with Crippen LogP contribution in [0.15, 0.2) is 12.1 Å². The van der Waals surface area contributed by atoms with E-state index < -0.39 is 29.0 Å². The first kappa shape index (κ1) is 13.5. The van der Waals surface area contributed by atoms with Gasteiger partial charge in [-0.05, 0) is 18.6 Å². The minimum Gasteiger partial charge on any atom is -0.293 e. The van der Waals surface area contributed by atoms with Crippen LogP contribution in [0, 0.1) is 18.3 Å². The number of aryl methyl sites for hydroxylation is 1. The SMILES string of the molecule is Cc1ccc(C(F)(F)F)c(C(=O)CCl)c1C#N. The third-order valence-corrected chi connectivity index (χ3v) is 2.47. The molecule has 0 saturated heterocycles. The third kappa shape index (κ3) is 2.59. The van der Waals surface area contributed by atoms with Crippen molar-refractivity contribution < 1.29 is 18.0 Å². The van der Waals surface area contributed by atoms with E-state index in [-0.39, 0.29) is 5.56 Å². The van der Waals surface area contributed by atoms with E-state index >= 15 is 0 Å². The van der Waals surface area contributed by atoms with Crippen LogP contribution in [0.1, 0.15) is 27.0 Å². The van der Waals surface area contributed by atoms with Gasteiger partial charge in [0.15, 0.2) is 5.78 Å². The van der Waals surface area contributed by atoms with E-state index in [1.807, 2.05) is 0 Å². The van der Waals surface area contributed by atoms with Gasteiger partial charge in [0.2, 0.25) is 0 Å². The molecule has 17 heavy (non-hydrogen) atoms. The van der Waals surface area contributed by atoms with E-state index in [1.54, 1.807) is 6.07 Å². The van der Waals surface area contributed by atoms with E-state index in [4.69, 9.17) is 16.9 Å². The average molecular weight is 262 g/mol. The van der Waals surface area contributed by atoms with Gasteiger partial charge in [-0.1, -0.05) is 6.07 Å². The molecule has 0 bridgehead atoms. The van der Waals surface area contributed by atoms with Crippen molar-refractivity contribution in [3.63, 3.8) is 0 Å². The first-order chi connectivity index (χ1) is 7.82. The lowest BCUT2D eigenvalue weighted by atomic mass is 9.94. The van der Waals surface area contributed by atoms with Gasteiger partial charge in [-0.15, -0.1) is 11.6 Å². The zero-order chi connectivity index (χ0) is 13.2. The van der Waals surface area contributed by atoms with Crippen LogP contribution in [-0.2, 0) is 6.18 Å². The van der Waals surface area contributed by atoms with E-state index in [2.05, 4.69) is 0 Å². The summed E-state index contributed by atoms with van der Waals surface area (Å²) in [5.74, 6) is -1.50. The third-order valence-electron chi connectivity index (χ3n) is 2.23. The summed E-state index contributed by atoms with van der Waals surface area (Å²) >= 11 is 5.26. The van der Waals surface area contributed by atoms with Crippen molar-refractivity contribution in [1.82, 2.24) is 0 Å². The number of hydrogen-bond acceptors (Lipinski definition) is 2. The molecule has 0 atom stereocenters. The van der Waals surface area contributed by atoms with Crippen LogP contribution in [0.3, 0.4) is 0 Å². The predicted molar refractivity (Wildman–Crippen MR) is 55.9 cm³/mol. The van der Waals surface area contributed by atoms with Gasteiger partial charge in [0.1, 0.15) is 6.07 Å². The van der Waals surface area contributed by atoms with Crippen LogP contribution in [0.2, 0.25) is 0 Å². The molecule has 0 aliphatic rings. The number of hydrogen-bond donors (Lipinski definition) is 0. The zero-order valence-electron chi connectivity index (χ0n) is 8.73. The first-order valence-electron chi connectivity index (χ1n) is 4.53. The fourth-order valence-corrected chi connectivity index (χ4v) is 1.58. The molecule has 1 aromatic carbocycles. The number of halogens is 4. The van der Waals surface area contributed by atoms with Crippen molar-refractivity contribution in [3.8, 4) is 6.07 Å². The number of Topliss-reactive ketones (excluding diaryl/α,β-unsaturated/α-hetero) is 1. The first-order valence-corrected chi connectivity index (χ1v) is 5.06. The molecule has 1 rings (SSSR count). The highest BCUT2D eigenvalue weighted by Crippen LogP contribution is 2.34. The summed E-state index contributed by atoms with van der Waals surface area (Å²) in [5.41, 5.74) is -1.72. The molecule has 0 saturated carbocycles. The molecule has 0 spiro atoms. The zero-order valence-corrected chi connectivity index (χ0v) is 9.49. The van der Waals surface area contributed by atoms with Crippen molar-refractivity contribution >= 4 is 17.4 Å². The quantitative estimate of drug-likeness (QED) is 0.605. The fourth-order valence-electron chi connectivity index (χ4n) is 1.44. The largest absolute Gasteiger partial charge is 0.417 e. The molecule has 0 heterocycles. The molecule has 0 unspecified atom stereocenters. The van der Waals surface area contributed by atoms with Crippen LogP contribution in [-0.4, -0.2) is 11.7 Å². The second-order valence-electron chi connectivity index (χ2n) is 3.35. The van der Waals surface area contributed by atoms with E-state index in [0.29, 0.717) is 5.56 Å². The van der Waals surface area contributed by atoms with Gasteiger partial charge in [-0.25, -0.2) is 0 Å². The average Bonchev–Trinajstić information content (AvgIpc) is 2.25. The van der Waals surface area contributed by atoms with Crippen LogP contribution < -0.4 is 0 Å². The molecule has 0 aliphatic heterocycles. The Labute approximate surface area is 101 Å². The maximum Gasteiger partial charge on any atom is 0.417 e. The number of rotatable bonds is 2. The highest BCUT2D eigenvalue weighted by Gasteiger charge is 2.36. The number of carbonyl (C=O) groups excluding carboxylic acids is 1. The normalized spacial score (nSPS) is 11.1. The molecule has 0 aromatic heterocycles. The smallest absolute Gasteiger partial charge is 0.293 e. The van der Waals surface area contributed by atoms with Gasteiger partial charge in [-0.2, -0.15) is 18.4 Å². The Balaban J connectivity index is 3.65. The molecule has 6 heteroatoms. The highest BCUT2D eigenvalue weighted by molar-refractivity contribution is 6.31. The lowest BCUT2D eigenvalue weighted by Gasteiger charge is -2.13. The number of ketones is 1. The maximum absolute atomic E-state index is 12.7. The van der Waals surface area contributed by atoms with Crippen LogP contribution in [0.5, 0.6) is 0 Å². The number of carbonyl (C=O) groups is 1. The van der Waals surface area contributed by atoms with Gasteiger partial charge in [0.05, 0.1) is 17.0 Å². The van der Waals surface area contributed by atoms with Gasteiger partial charge < -0.3 is 0 Å². The molecule has 0 aliphatic carbocycles. The summed E-state index contributed by atoms with van der Waals surface area (Å²) in [6.07, 6.45) is -4.68. The lowest BCUT2D eigenvalue weighted by Crippen LogP contribution is -2.16. The highest BCUT2D eigenvalue weighted by atomic mass is 35.5. The molecule has 90 valence electrons. The minimum absolute atomic E-state index is 0.273. The van der Waals surface area contributed by atoms with Crippen LogP contribution in [0.4, 0.5) is 13.2 Å². The van der Waals surface area contributed by atoms with Crippen LogP contribution in [0.25, 0.3) is 0 Å². The molecule has 0 N–H and O–H groups in total. The van der Waals surface area contributed by atoms with E-state index in [9.17, 15) is 18.0 Å². The topological polar surface area (TPSA) is 40.9 Å². The Morgan fingerprint density at radius 3 is 2.47 bits per heavy atom. The summed E-state index contributed by atoms with van der Waals surface area (Å²) in [7, 11) is 0. The Kier molecular flexibility index (Phi) is 3.79. The van der Waals surface area contributed by atoms with E-state index in [0.717, 1.165) is 12.1 Å². The number of nitriles is 1. The molecular formula is C11H7ClF3NO. The standard InChI is InChI=1S/C11H7ClF3NO/c1-6-2-3-8(11(13,14)15)10(7(6)5-16)9(17)4-12/h2-3H,4H2,1H3. The maximum atomic E-state index is 12.7. The van der Waals surface area contributed by atoms with Gasteiger partial charge in [0, 0.05) is 5.56 Å². The number of nitrogens with zero attached hydrogens (tertiary/aromatic N) is 1. The predicted octanol–water partition coefficient (Wildman–Crippen LogP) is 3.31. The van der Waals surface area contributed by atoms with Gasteiger partial charge in [-0.3, -0.25) is 4.79 Å². The molecule has 1 aromatic rings. The van der Waals surface area contributed by atoms with E-state index in [1.165, 1.54) is 6.92 Å². The van der Waals surface area contributed by atoms with Crippen molar-refractivity contribution in [2.24, 2.45) is 0 Å². The summed E-state index contributed by atoms with van der Waals surface area (Å²) < 4.78 is 38.1. The molecular weight excluding hydrogens is 255 g/mol. The summed E-state index contributed by atoms with van der Waals surface area (Å²) in [6.45, 7) is 1.46. The fraction of sp³-hybridized carbons (Fsp3) is 0.273. The number of benzene rings is 1. The Morgan fingerprint density at radius 2 is 2.06 bits per heavy atom. The monoisotopic (exact) mass is 261 g/mol. The number of alkyl halides is 4. The molecule has 0 radical (unpaired) electrons. The van der Waals surface area contributed by atoms with Crippen molar-refractivity contribution in [2.45, 2.75) is 13.1 Å². The van der Waals surface area contributed by atoms with Gasteiger partial charge >= 0.3 is 6.18 Å². The molecule has 2 nitrogen and oxygen atoms in total. The minimum atomic E-state index is -4.68. The van der Waals surface area contributed by atoms with Crippen molar-refractivity contribution in [2.75, 3.05) is 5.88 Å². The van der Waals surface area contributed by atoms with Crippen molar-refractivity contribution in [1.29, 1.82) is 5.26 Å². The Hall–Kier alpha value is -1.54. The Bertz CT molecular complexity index is 503. The van der Waals surface area contributed by atoms with Crippen LogP contribution >= 0.6 is 11.6 Å². The summed E-state index contributed by atoms with van der Waals surface area (Å²) in [6, 6.07) is 3.56. The Morgan fingerprint density at radius 1 is 1.47 bits per heavy atom. The van der Waals surface area contributed by atoms with Crippen molar-refractivity contribution in [3.05, 3.63) is 34.4 Å². The second-order valence-corrected chi connectivity index (χ2v) is 3.61.